The van der Waals surface area contributed by atoms with Crippen LogP contribution < -0.4 is 11.2 Å². The summed E-state index contributed by atoms with van der Waals surface area (Å²) >= 11 is 0. The summed E-state index contributed by atoms with van der Waals surface area (Å²) in [6, 6.07) is 11.0. The number of carbonyl (C=O) groups excluding carboxylic acids is 2. The van der Waals surface area contributed by atoms with E-state index in [1.54, 1.807) is 19.1 Å². The third kappa shape index (κ3) is 3.96. The van der Waals surface area contributed by atoms with Crippen molar-refractivity contribution in [2.45, 2.75) is 38.7 Å². The molecule has 0 spiro atoms. The Labute approximate surface area is 152 Å². The van der Waals surface area contributed by atoms with Crippen LogP contribution in [0.25, 0.3) is 10.8 Å². The molecular weight excluding hydrogens is 332 g/mol. The first-order chi connectivity index (χ1) is 12.5. The minimum absolute atomic E-state index is 0.161. The van der Waals surface area contributed by atoms with Gasteiger partial charge in [0.15, 0.2) is 0 Å². The lowest BCUT2D eigenvalue weighted by Crippen LogP contribution is -2.34. The van der Waals surface area contributed by atoms with Crippen LogP contribution in [0.4, 0.5) is 5.69 Å². The van der Waals surface area contributed by atoms with Crippen LogP contribution in [-0.2, 0) is 9.63 Å². The molecule has 1 aliphatic carbocycles. The smallest absolute Gasteiger partial charge is 0.335 e. The van der Waals surface area contributed by atoms with Gasteiger partial charge in [-0.25, -0.2) is 4.79 Å². The van der Waals surface area contributed by atoms with Crippen LogP contribution in [-0.4, -0.2) is 23.1 Å². The number of hydrogen-bond donors (Lipinski definition) is 3. The molecule has 26 heavy (non-hydrogen) atoms. The van der Waals surface area contributed by atoms with Gasteiger partial charge in [-0.1, -0.05) is 31.2 Å². The minimum Gasteiger partial charge on any atom is -0.398 e. The van der Waals surface area contributed by atoms with E-state index in [2.05, 4.69) is 5.48 Å². The van der Waals surface area contributed by atoms with Crippen LogP contribution in [0, 0.1) is 11.8 Å². The highest BCUT2D eigenvalue weighted by molar-refractivity contribution is 6.03. The Morgan fingerprint density at radius 1 is 1.15 bits per heavy atom. The molecule has 2 aromatic carbocycles. The molecule has 0 radical (unpaired) electrons. The Kier molecular flexibility index (Phi) is 5.42. The molecule has 0 saturated heterocycles. The zero-order chi connectivity index (χ0) is 18.7. The van der Waals surface area contributed by atoms with Gasteiger partial charge in [-0.3, -0.25) is 4.79 Å². The number of rotatable bonds is 3. The summed E-state index contributed by atoms with van der Waals surface area (Å²) in [5, 5.41) is 11.4. The molecule has 0 aliphatic heterocycles. The number of aliphatic hydroxyl groups excluding tert-OH is 1. The van der Waals surface area contributed by atoms with Crippen LogP contribution in [0.5, 0.6) is 0 Å². The predicted octanol–water partition coefficient (Wildman–Crippen LogP) is 2.80. The van der Waals surface area contributed by atoms with Crippen molar-refractivity contribution in [2.24, 2.45) is 11.8 Å². The molecule has 0 heterocycles. The van der Waals surface area contributed by atoms with E-state index in [-0.39, 0.29) is 23.5 Å². The predicted molar refractivity (Wildman–Crippen MR) is 99.0 cm³/mol. The lowest BCUT2D eigenvalue weighted by Gasteiger charge is -2.28. The third-order valence-corrected chi connectivity index (χ3v) is 5.23. The lowest BCUT2D eigenvalue weighted by atomic mass is 9.80. The Morgan fingerprint density at radius 2 is 1.77 bits per heavy atom. The van der Waals surface area contributed by atoms with Crippen molar-refractivity contribution < 1.29 is 19.5 Å². The van der Waals surface area contributed by atoms with Crippen molar-refractivity contribution in [1.82, 2.24) is 5.48 Å². The zero-order valence-corrected chi connectivity index (χ0v) is 14.8. The molecule has 4 N–H and O–H groups in total. The highest BCUT2D eigenvalue weighted by Gasteiger charge is 2.30. The highest BCUT2D eigenvalue weighted by atomic mass is 16.7. The number of anilines is 1. The molecular formula is C20H24N2O4. The second-order valence-electron chi connectivity index (χ2n) is 7.00. The average Bonchev–Trinajstić information content (AvgIpc) is 2.65. The summed E-state index contributed by atoms with van der Waals surface area (Å²) in [6.45, 7) is 1.79. The van der Waals surface area contributed by atoms with Gasteiger partial charge < -0.3 is 15.7 Å². The molecule has 0 unspecified atom stereocenters. The first-order valence-electron chi connectivity index (χ1n) is 8.93. The summed E-state index contributed by atoms with van der Waals surface area (Å²) in [7, 11) is 0. The van der Waals surface area contributed by atoms with E-state index >= 15 is 0 Å². The third-order valence-electron chi connectivity index (χ3n) is 5.23. The number of amides is 1. The maximum absolute atomic E-state index is 12.4. The van der Waals surface area contributed by atoms with Crippen LogP contribution in [0.2, 0.25) is 0 Å². The van der Waals surface area contributed by atoms with E-state index in [9.17, 15) is 14.7 Å². The number of hydroxylamine groups is 1. The second-order valence-corrected chi connectivity index (χ2v) is 7.00. The van der Waals surface area contributed by atoms with E-state index in [1.807, 2.05) is 24.3 Å². The summed E-state index contributed by atoms with van der Waals surface area (Å²) in [5.41, 5.74) is 8.77. The topological polar surface area (TPSA) is 102 Å². The van der Waals surface area contributed by atoms with Crippen LogP contribution >= 0.6 is 0 Å². The number of benzene rings is 2. The maximum atomic E-state index is 12.4. The Hall–Kier alpha value is -2.60. The molecule has 138 valence electrons. The number of fused-ring (bicyclic) bond motifs is 1. The Morgan fingerprint density at radius 3 is 2.42 bits per heavy atom. The van der Waals surface area contributed by atoms with Crippen LogP contribution in [0.3, 0.4) is 0 Å². The van der Waals surface area contributed by atoms with Gasteiger partial charge in [-0.2, -0.15) is 5.48 Å². The largest absolute Gasteiger partial charge is 0.398 e. The number of hydrogen-bond acceptors (Lipinski definition) is 5. The number of nitrogen functional groups attached to an aromatic ring is 1. The molecule has 0 aromatic heterocycles. The lowest BCUT2D eigenvalue weighted by molar-refractivity contribution is -0.156. The van der Waals surface area contributed by atoms with Crippen molar-refractivity contribution in [3.05, 3.63) is 42.0 Å². The van der Waals surface area contributed by atoms with Gasteiger partial charge in [0.05, 0.1) is 17.6 Å². The first-order valence-corrected chi connectivity index (χ1v) is 8.93. The number of nitrogens with two attached hydrogens (primary N) is 1. The Balaban J connectivity index is 1.61. The molecule has 1 aliphatic rings. The zero-order valence-electron chi connectivity index (χ0n) is 14.8. The first kappa shape index (κ1) is 18.2. The quantitative estimate of drug-likeness (QED) is 0.580. The summed E-state index contributed by atoms with van der Waals surface area (Å²) in [5.74, 6) is -1.20. The molecule has 3 rings (SSSR count). The highest BCUT2D eigenvalue weighted by Crippen LogP contribution is 2.30. The van der Waals surface area contributed by atoms with Gasteiger partial charge in [0, 0.05) is 5.69 Å². The number of nitrogens with one attached hydrogen (secondary N) is 1. The minimum atomic E-state index is -0.548. The van der Waals surface area contributed by atoms with E-state index in [0.717, 1.165) is 23.6 Å². The second kappa shape index (κ2) is 7.74. The maximum Gasteiger partial charge on any atom is 0.335 e. The van der Waals surface area contributed by atoms with E-state index in [0.29, 0.717) is 18.5 Å². The molecule has 0 bridgehead atoms. The van der Waals surface area contributed by atoms with Crippen LogP contribution in [0.1, 0.15) is 43.0 Å². The number of carbonyl (C=O) groups is 2. The number of aliphatic hydroxyl groups is 1. The molecule has 1 saturated carbocycles. The SMILES string of the molecule is C[C@H](C(=O)ONC(=O)c1cc2ccccc2cc1N)C1CCC(O)CC1. The van der Waals surface area contributed by atoms with Crippen molar-refractivity contribution in [2.75, 3.05) is 5.73 Å². The van der Waals surface area contributed by atoms with Gasteiger partial charge in [0.1, 0.15) is 0 Å². The molecule has 6 heteroatoms. The van der Waals surface area contributed by atoms with Crippen molar-refractivity contribution >= 4 is 28.3 Å². The normalized spacial score (nSPS) is 21.2. The van der Waals surface area contributed by atoms with Crippen molar-refractivity contribution in [3.63, 3.8) is 0 Å². The van der Waals surface area contributed by atoms with E-state index < -0.39 is 11.9 Å². The summed E-state index contributed by atoms with van der Waals surface area (Å²) < 4.78 is 0. The van der Waals surface area contributed by atoms with E-state index in [4.69, 9.17) is 10.6 Å². The Bertz CT molecular complexity index is 813. The fourth-order valence-corrected chi connectivity index (χ4v) is 3.49. The average molecular weight is 356 g/mol. The van der Waals surface area contributed by atoms with Gasteiger partial charge in [0.2, 0.25) is 0 Å². The van der Waals surface area contributed by atoms with Crippen LogP contribution in [0.15, 0.2) is 36.4 Å². The molecule has 2 aromatic rings. The van der Waals surface area contributed by atoms with Gasteiger partial charge in [-0.15, -0.1) is 0 Å². The van der Waals surface area contributed by atoms with E-state index in [1.165, 1.54) is 0 Å². The fourth-order valence-electron chi connectivity index (χ4n) is 3.49. The summed E-state index contributed by atoms with van der Waals surface area (Å²) in [4.78, 5) is 29.6. The molecule has 1 atom stereocenters. The fraction of sp³-hybridized carbons (Fsp3) is 0.400. The van der Waals surface area contributed by atoms with Crippen molar-refractivity contribution in [1.29, 1.82) is 0 Å². The van der Waals surface area contributed by atoms with Gasteiger partial charge >= 0.3 is 5.97 Å². The van der Waals surface area contributed by atoms with Gasteiger partial charge in [0.25, 0.3) is 5.91 Å². The monoisotopic (exact) mass is 356 g/mol. The standard InChI is InChI=1S/C20H24N2O4/c1-12(13-6-8-16(23)9-7-13)20(25)26-22-19(24)17-10-14-4-2-3-5-15(14)11-18(17)21/h2-5,10-13,16,23H,6-9,21H2,1H3,(H,22,24)/t12-,13?,16?/m0/s1. The molecule has 1 amide bonds. The van der Waals surface area contributed by atoms with Gasteiger partial charge in [-0.05, 0) is 54.5 Å². The molecule has 1 fully saturated rings. The summed E-state index contributed by atoms with van der Waals surface area (Å²) in [6.07, 6.45) is 2.68. The molecule has 6 nitrogen and oxygen atoms in total. The van der Waals surface area contributed by atoms with Crippen molar-refractivity contribution in [3.8, 4) is 0 Å².